The van der Waals surface area contributed by atoms with Crippen molar-refractivity contribution in [1.82, 2.24) is 0 Å². The van der Waals surface area contributed by atoms with E-state index in [2.05, 4.69) is 4.58 Å². The number of aliphatic hydroxyl groups excluding tert-OH is 4. The third-order valence-corrected chi connectivity index (χ3v) is 2.68. The normalized spacial score (nSPS) is 43.6. The van der Waals surface area contributed by atoms with Crippen LogP contribution in [-0.4, -0.2) is 56.9 Å². The van der Waals surface area contributed by atoms with Crippen molar-refractivity contribution in [2.75, 3.05) is 6.61 Å². The molecule has 0 spiro atoms. The Labute approximate surface area is 83.8 Å². The summed E-state index contributed by atoms with van der Waals surface area (Å²) >= 11 is 0.400. The van der Waals surface area contributed by atoms with Gasteiger partial charge >= 0.3 is 0 Å². The van der Waals surface area contributed by atoms with E-state index < -0.39 is 36.5 Å². The van der Waals surface area contributed by atoms with E-state index in [1.54, 1.807) is 0 Å². The molecule has 0 aliphatic carbocycles. The van der Waals surface area contributed by atoms with Gasteiger partial charge in [0.1, 0.15) is 24.4 Å². The van der Waals surface area contributed by atoms with Gasteiger partial charge in [-0.1, -0.05) is 0 Å². The maximum Gasteiger partial charge on any atom is 0.156 e. The van der Waals surface area contributed by atoms with Gasteiger partial charge in [-0.15, -0.1) is 4.91 Å². The molecule has 82 valence electrons. The molecule has 0 unspecified atom stereocenters. The maximum atomic E-state index is 9.92. The van der Waals surface area contributed by atoms with Crippen molar-refractivity contribution >= 4 is 11.9 Å². The molecule has 1 aliphatic heterocycles. The number of ether oxygens (including phenoxy) is 1. The average molecular weight is 225 g/mol. The fraction of sp³-hybridized carbons (Fsp3) is 1.00. The van der Waals surface area contributed by atoms with Gasteiger partial charge < -0.3 is 25.2 Å². The monoisotopic (exact) mass is 225 g/mol. The molecule has 0 aromatic rings. The number of nitroso groups, excluding NO2 is 1. The Morgan fingerprint density at radius 1 is 1.21 bits per heavy atom. The van der Waals surface area contributed by atoms with E-state index in [9.17, 15) is 20.2 Å². The van der Waals surface area contributed by atoms with Crippen molar-refractivity contribution in [3.63, 3.8) is 0 Å². The summed E-state index contributed by atoms with van der Waals surface area (Å²) in [5, 5.41) is 36.6. The van der Waals surface area contributed by atoms with Crippen LogP contribution in [0.1, 0.15) is 0 Å². The van der Waals surface area contributed by atoms with Gasteiger partial charge in [-0.2, -0.15) is 0 Å². The van der Waals surface area contributed by atoms with Crippen LogP contribution in [0.2, 0.25) is 0 Å². The summed E-state index contributed by atoms with van der Waals surface area (Å²) in [4.78, 5) is 9.92. The van der Waals surface area contributed by atoms with E-state index in [4.69, 9.17) is 9.84 Å². The summed E-state index contributed by atoms with van der Waals surface area (Å²) in [6, 6.07) is 0. The molecule has 7 nitrogen and oxygen atoms in total. The Morgan fingerprint density at radius 2 is 1.86 bits per heavy atom. The van der Waals surface area contributed by atoms with E-state index >= 15 is 0 Å². The third-order valence-electron chi connectivity index (χ3n) is 2.00. The first-order chi connectivity index (χ1) is 6.61. The summed E-state index contributed by atoms with van der Waals surface area (Å²) in [7, 11) is 0. The average Bonchev–Trinajstić information content (AvgIpc) is 2.19. The van der Waals surface area contributed by atoms with Crippen LogP contribution in [-0.2, 0) is 4.74 Å². The molecule has 0 bridgehead atoms. The zero-order valence-corrected chi connectivity index (χ0v) is 7.87. The second-order valence-corrected chi connectivity index (χ2v) is 3.70. The minimum atomic E-state index is -1.46. The van der Waals surface area contributed by atoms with E-state index in [1.165, 1.54) is 0 Å². The molecule has 1 heterocycles. The lowest BCUT2D eigenvalue weighted by Gasteiger charge is -2.38. The number of rotatable bonds is 3. The molecule has 0 amide bonds. The first-order valence-electron chi connectivity index (χ1n) is 3.90. The Balaban J connectivity index is 2.67. The predicted octanol–water partition coefficient (Wildman–Crippen LogP) is -1.80. The Kier molecular flexibility index (Phi) is 4.23. The minimum Gasteiger partial charge on any atom is -0.394 e. The topological polar surface area (TPSA) is 120 Å². The van der Waals surface area contributed by atoms with Crippen LogP contribution in [0.15, 0.2) is 4.58 Å². The van der Waals surface area contributed by atoms with Crippen LogP contribution in [0.25, 0.3) is 0 Å². The Hall–Kier alpha value is -0.250. The van der Waals surface area contributed by atoms with E-state index in [-0.39, 0.29) is 0 Å². The quantitative estimate of drug-likeness (QED) is 0.330. The molecule has 0 aromatic carbocycles. The number of nitrogens with zero attached hydrogens (tertiary/aromatic N) is 1. The van der Waals surface area contributed by atoms with Gasteiger partial charge in [0.2, 0.25) is 0 Å². The highest BCUT2D eigenvalue weighted by molar-refractivity contribution is 7.98. The molecular formula is C6H11NO6S. The minimum absolute atomic E-state index is 0.400. The number of hydrogen-bond acceptors (Lipinski definition) is 8. The van der Waals surface area contributed by atoms with Gasteiger partial charge in [0, 0.05) is 4.58 Å². The molecule has 0 radical (unpaired) electrons. The summed E-state index contributed by atoms with van der Waals surface area (Å²) in [6.45, 7) is -0.513. The molecule has 14 heavy (non-hydrogen) atoms. The van der Waals surface area contributed by atoms with E-state index in [1.807, 2.05) is 0 Å². The highest BCUT2D eigenvalue weighted by Crippen LogP contribution is 2.28. The van der Waals surface area contributed by atoms with Crippen molar-refractivity contribution in [2.24, 2.45) is 4.58 Å². The lowest BCUT2D eigenvalue weighted by Crippen LogP contribution is -2.57. The summed E-state index contributed by atoms with van der Waals surface area (Å²) in [6.07, 6.45) is -5.26. The lowest BCUT2D eigenvalue weighted by molar-refractivity contribution is -0.205. The second kappa shape index (κ2) is 5.01. The van der Waals surface area contributed by atoms with Crippen LogP contribution in [0.5, 0.6) is 0 Å². The van der Waals surface area contributed by atoms with Crippen LogP contribution < -0.4 is 0 Å². The van der Waals surface area contributed by atoms with Gasteiger partial charge in [0.05, 0.1) is 18.6 Å². The highest BCUT2D eigenvalue weighted by Gasteiger charge is 2.44. The molecule has 1 aliphatic rings. The van der Waals surface area contributed by atoms with Crippen LogP contribution >= 0.6 is 11.9 Å². The molecule has 1 fully saturated rings. The third kappa shape index (κ3) is 2.22. The molecular weight excluding hydrogens is 214 g/mol. The first-order valence-corrected chi connectivity index (χ1v) is 4.74. The second-order valence-electron chi connectivity index (χ2n) is 2.88. The molecule has 8 heteroatoms. The first kappa shape index (κ1) is 11.8. The van der Waals surface area contributed by atoms with Gasteiger partial charge in [0.15, 0.2) is 5.44 Å². The van der Waals surface area contributed by atoms with Gasteiger partial charge in [0.25, 0.3) is 0 Å². The van der Waals surface area contributed by atoms with Crippen LogP contribution in [0.3, 0.4) is 0 Å². The Morgan fingerprint density at radius 3 is 2.36 bits per heavy atom. The summed E-state index contributed by atoms with van der Waals surface area (Å²) in [5.41, 5.74) is -1.07. The zero-order valence-electron chi connectivity index (χ0n) is 7.05. The summed E-state index contributed by atoms with van der Waals surface area (Å²) < 4.78 is 7.38. The number of aliphatic hydroxyl groups is 4. The van der Waals surface area contributed by atoms with Crippen molar-refractivity contribution in [3.05, 3.63) is 4.91 Å². The SMILES string of the molecule is O=NS[C@@H]1O[C@H](CO)[C@@H](O)[C@H](O)[C@H]1O. The van der Waals surface area contributed by atoms with E-state index in [0.717, 1.165) is 0 Å². The van der Waals surface area contributed by atoms with Gasteiger partial charge in [-0.05, 0) is 0 Å². The fourth-order valence-electron chi connectivity index (χ4n) is 1.20. The predicted molar refractivity (Wildman–Crippen MR) is 47.2 cm³/mol. The van der Waals surface area contributed by atoms with Crippen LogP contribution in [0.4, 0.5) is 0 Å². The molecule has 0 saturated carbocycles. The maximum absolute atomic E-state index is 9.92. The summed E-state index contributed by atoms with van der Waals surface area (Å²) in [5.74, 6) is 0. The lowest BCUT2D eigenvalue weighted by atomic mass is 10.0. The standard InChI is InChI=1S/C6H11NO6S/c8-1-2-3(9)4(10)5(11)6(13-2)14-7-12/h2-6,8-11H,1H2/t2-,3-,4+,5-,6+/m1/s1. The van der Waals surface area contributed by atoms with Gasteiger partial charge in [-0.25, -0.2) is 0 Å². The highest BCUT2D eigenvalue weighted by atomic mass is 32.2. The molecule has 1 rings (SSSR count). The molecule has 5 atom stereocenters. The molecule has 1 saturated heterocycles. The van der Waals surface area contributed by atoms with E-state index in [0.29, 0.717) is 11.9 Å². The van der Waals surface area contributed by atoms with Crippen molar-refractivity contribution < 1.29 is 25.2 Å². The molecule has 4 N–H and O–H groups in total. The van der Waals surface area contributed by atoms with Crippen molar-refractivity contribution in [3.8, 4) is 0 Å². The molecule has 0 aromatic heterocycles. The van der Waals surface area contributed by atoms with Gasteiger partial charge in [-0.3, -0.25) is 0 Å². The zero-order chi connectivity index (χ0) is 10.7. The number of hydrogen-bond donors (Lipinski definition) is 4. The Bertz CT molecular complexity index is 203. The smallest absolute Gasteiger partial charge is 0.156 e. The largest absolute Gasteiger partial charge is 0.394 e. The van der Waals surface area contributed by atoms with Crippen molar-refractivity contribution in [2.45, 2.75) is 29.9 Å². The van der Waals surface area contributed by atoms with Crippen LogP contribution in [0, 0.1) is 4.91 Å². The fourth-order valence-corrected chi connectivity index (χ4v) is 1.76. The van der Waals surface area contributed by atoms with Crippen molar-refractivity contribution in [1.29, 1.82) is 0 Å².